The molecular formula is C2H4FNO2. The summed E-state index contributed by atoms with van der Waals surface area (Å²) in [5.41, 5.74) is 4.30. The van der Waals surface area contributed by atoms with Gasteiger partial charge in [0.25, 0.3) is 0 Å². The van der Waals surface area contributed by atoms with Crippen LogP contribution in [0.2, 0.25) is 0 Å². The largest absolute Gasteiger partial charge is 0.418 e. The Hall–Kier alpha value is -0.800. The Balaban J connectivity index is 2.83. The second kappa shape index (κ2) is 2.44. The van der Waals surface area contributed by atoms with E-state index in [2.05, 4.69) is 10.5 Å². The van der Waals surface area contributed by atoms with Gasteiger partial charge in [0.15, 0.2) is 0 Å². The van der Waals surface area contributed by atoms with Gasteiger partial charge in [0.05, 0.1) is 0 Å². The van der Waals surface area contributed by atoms with Crippen LogP contribution in [0, 0.1) is 0 Å². The number of carbonyl (C=O) groups excluding carboxylic acids is 1. The highest BCUT2D eigenvalue weighted by molar-refractivity contribution is 5.64. The summed E-state index contributed by atoms with van der Waals surface area (Å²) in [6.45, 7) is -1.14. The van der Waals surface area contributed by atoms with Crippen molar-refractivity contribution < 1.29 is 13.9 Å². The van der Waals surface area contributed by atoms with Gasteiger partial charge in [0.1, 0.15) is 0 Å². The topological polar surface area (TPSA) is 52.3 Å². The fourth-order valence-corrected chi connectivity index (χ4v) is 0.0538. The third-order valence-corrected chi connectivity index (χ3v) is 0.197. The molecule has 0 heterocycles. The van der Waals surface area contributed by atoms with Crippen molar-refractivity contribution in [2.45, 2.75) is 0 Å². The number of hydrogen-bond donors (Lipinski definition) is 1. The SMILES string of the molecule is NC(=O)OCF. The molecular weight excluding hydrogens is 89.0 g/mol. The van der Waals surface area contributed by atoms with Crippen LogP contribution in [-0.4, -0.2) is 13.0 Å². The van der Waals surface area contributed by atoms with Crippen LogP contribution in [0.3, 0.4) is 0 Å². The molecule has 0 rings (SSSR count). The highest BCUT2D eigenvalue weighted by Gasteiger charge is 1.84. The van der Waals surface area contributed by atoms with Gasteiger partial charge in [-0.3, -0.25) is 0 Å². The Kier molecular flexibility index (Phi) is 2.11. The molecule has 0 atom stereocenters. The van der Waals surface area contributed by atoms with E-state index in [4.69, 9.17) is 0 Å². The van der Waals surface area contributed by atoms with Crippen molar-refractivity contribution in [2.75, 3.05) is 6.86 Å². The molecule has 0 radical (unpaired) electrons. The van der Waals surface area contributed by atoms with Gasteiger partial charge in [0.2, 0.25) is 6.86 Å². The first-order valence-electron chi connectivity index (χ1n) is 1.25. The Morgan fingerprint density at radius 1 is 2.00 bits per heavy atom. The van der Waals surface area contributed by atoms with Gasteiger partial charge >= 0.3 is 6.09 Å². The molecule has 1 amide bonds. The lowest BCUT2D eigenvalue weighted by atomic mass is 11.2. The fraction of sp³-hybridized carbons (Fsp3) is 0.500. The summed E-state index contributed by atoms with van der Waals surface area (Å²) in [7, 11) is 0. The molecule has 0 aliphatic rings. The smallest absolute Gasteiger partial charge is 0.406 e. The summed E-state index contributed by atoms with van der Waals surface area (Å²) < 4.78 is 14.2. The monoisotopic (exact) mass is 93.0 g/mol. The number of nitrogens with two attached hydrogens (primary N) is 1. The molecule has 0 aliphatic heterocycles. The maximum absolute atomic E-state index is 10.7. The lowest BCUT2D eigenvalue weighted by molar-refractivity contribution is 0.107. The average Bonchev–Trinajstić information content (AvgIpc) is 1.35. The summed E-state index contributed by atoms with van der Waals surface area (Å²) in [4.78, 5) is 9.36. The minimum Gasteiger partial charge on any atom is -0.418 e. The summed E-state index contributed by atoms with van der Waals surface area (Å²) in [5.74, 6) is 0. The van der Waals surface area contributed by atoms with Crippen molar-refractivity contribution in [1.29, 1.82) is 0 Å². The van der Waals surface area contributed by atoms with Crippen LogP contribution in [0.25, 0.3) is 0 Å². The first-order chi connectivity index (χ1) is 2.77. The molecule has 0 fully saturated rings. The molecule has 0 aromatic rings. The number of carbonyl (C=O) groups is 1. The van der Waals surface area contributed by atoms with E-state index in [-0.39, 0.29) is 0 Å². The predicted octanol–water partition coefficient (Wildman–Crippen LogP) is 0.00870. The third-order valence-electron chi connectivity index (χ3n) is 0.197. The predicted molar refractivity (Wildman–Crippen MR) is 16.6 cm³/mol. The second-order valence-corrected chi connectivity index (χ2v) is 0.572. The molecule has 6 heavy (non-hydrogen) atoms. The van der Waals surface area contributed by atoms with Gasteiger partial charge in [-0.05, 0) is 0 Å². The molecule has 0 saturated heterocycles. The van der Waals surface area contributed by atoms with Gasteiger partial charge in [-0.1, -0.05) is 0 Å². The zero-order valence-electron chi connectivity index (χ0n) is 2.98. The molecule has 0 aromatic carbocycles. The average molecular weight is 93.1 g/mol. The maximum Gasteiger partial charge on any atom is 0.406 e. The molecule has 3 nitrogen and oxygen atoms in total. The zero-order valence-corrected chi connectivity index (χ0v) is 2.98. The van der Waals surface area contributed by atoms with E-state index in [9.17, 15) is 9.18 Å². The minimum atomic E-state index is -1.14. The van der Waals surface area contributed by atoms with Crippen molar-refractivity contribution in [3.63, 3.8) is 0 Å². The Morgan fingerprint density at radius 2 is 2.50 bits per heavy atom. The van der Waals surface area contributed by atoms with E-state index < -0.39 is 13.0 Å². The highest BCUT2D eigenvalue weighted by atomic mass is 19.1. The van der Waals surface area contributed by atoms with Crippen LogP contribution >= 0.6 is 0 Å². The number of ether oxygens (including phenoxy) is 1. The molecule has 36 valence electrons. The molecule has 0 saturated carbocycles. The van der Waals surface area contributed by atoms with Crippen molar-refractivity contribution in [1.82, 2.24) is 0 Å². The lowest BCUT2D eigenvalue weighted by Gasteiger charge is -1.86. The highest BCUT2D eigenvalue weighted by Crippen LogP contribution is 1.69. The Labute approximate surface area is 33.9 Å². The van der Waals surface area contributed by atoms with Crippen LogP contribution < -0.4 is 5.73 Å². The van der Waals surface area contributed by atoms with Gasteiger partial charge in [-0.25, -0.2) is 9.18 Å². The van der Waals surface area contributed by atoms with Crippen molar-refractivity contribution in [3.05, 3.63) is 0 Å². The normalized spacial score (nSPS) is 7.50. The Morgan fingerprint density at radius 3 is 2.50 bits per heavy atom. The van der Waals surface area contributed by atoms with Crippen molar-refractivity contribution in [3.8, 4) is 0 Å². The molecule has 2 N–H and O–H groups in total. The minimum absolute atomic E-state index is 1.09. The van der Waals surface area contributed by atoms with E-state index in [1.54, 1.807) is 0 Å². The van der Waals surface area contributed by atoms with Crippen molar-refractivity contribution in [2.24, 2.45) is 5.73 Å². The number of amides is 1. The lowest BCUT2D eigenvalue weighted by Crippen LogP contribution is -2.11. The summed E-state index contributed by atoms with van der Waals surface area (Å²) in [6, 6.07) is 0. The zero-order chi connectivity index (χ0) is 4.99. The van der Waals surface area contributed by atoms with Crippen molar-refractivity contribution >= 4 is 6.09 Å². The molecule has 4 heteroatoms. The maximum atomic E-state index is 10.7. The van der Waals surface area contributed by atoms with E-state index in [0.29, 0.717) is 0 Å². The van der Waals surface area contributed by atoms with Crippen LogP contribution in [-0.2, 0) is 4.74 Å². The van der Waals surface area contributed by atoms with Crippen LogP contribution in [0.15, 0.2) is 0 Å². The first-order valence-corrected chi connectivity index (χ1v) is 1.25. The van der Waals surface area contributed by atoms with E-state index in [1.807, 2.05) is 0 Å². The second-order valence-electron chi connectivity index (χ2n) is 0.572. The summed E-state index contributed by atoms with van der Waals surface area (Å²) >= 11 is 0. The van der Waals surface area contributed by atoms with Gasteiger partial charge in [-0.2, -0.15) is 0 Å². The van der Waals surface area contributed by atoms with Crippen LogP contribution in [0.5, 0.6) is 0 Å². The van der Waals surface area contributed by atoms with E-state index >= 15 is 0 Å². The number of primary amides is 1. The van der Waals surface area contributed by atoms with E-state index in [1.165, 1.54) is 0 Å². The molecule has 0 aromatic heterocycles. The number of hydrogen-bond acceptors (Lipinski definition) is 2. The molecule has 0 bridgehead atoms. The first kappa shape index (κ1) is 5.20. The summed E-state index contributed by atoms with van der Waals surface area (Å²) in [6.07, 6.45) is -1.09. The molecule has 0 unspecified atom stereocenters. The molecule has 0 aliphatic carbocycles. The fourth-order valence-electron chi connectivity index (χ4n) is 0.0538. The third kappa shape index (κ3) is 3.20. The Bertz CT molecular complexity index is 55.5. The van der Waals surface area contributed by atoms with Crippen LogP contribution in [0.4, 0.5) is 9.18 Å². The number of alkyl halides is 1. The van der Waals surface area contributed by atoms with E-state index in [0.717, 1.165) is 0 Å². The van der Waals surface area contributed by atoms with Gasteiger partial charge in [0, 0.05) is 0 Å². The van der Waals surface area contributed by atoms with Gasteiger partial charge in [-0.15, -0.1) is 0 Å². The van der Waals surface area contributed by atoms with Crippen LogP contribution in [0.1, 0.15) is 0 Å². The quantitative estimate of drug-likeness (QED) is 0.496. The summed E-state index contributed by atoms with van der Waals surface area (Å²) in [5, 5.41) is 0. The molecule has 0 spiro atoms. The number of rotatable bonds is 1. The number of halogens is 1. The standard InChI is InChI=1S/C2H4FNO2/c3-1-6-2(4)5/h1H2,(H2,4,5). The van der Waals surface area contributed by atoms with Gasteiger partial charge < -0.3 is 10.5 Å².